The maximum absolute atomic E-state index is 12.4. The standard InChI is InChI=1S/C16H24N2O5S/c1-11-9-13(10-14(12(11)2)24(20,21)18(3)4)16(19)17-23-15-7-5-6-8-22-15/h9-10,15H,5-8H2,1-4H3,(H,17,19). The van der Waals surface area contributed by atoms with Crippen LogP contribution < -0.4 is 5.48 Å². The molecule has 8 heteroatoms. The van der Waals surface area contributed by atoms with Gasteiger partial charge in [0.1, 0.15) is 0 Å². The zero-order valence-electron chi connectivity index (χ0n) is 14.5. The number of nitrogens with zero attached hydrogens (tertiary/aromatic N) is 1. The monoisotopic (exact) mass is 356 g/mol. The Bertz CT molecular complexity index is 709. The van der Waals surface area contributed by atoms with Crippen molar-refractivity contribution in [3.05, 3.63) is 28.8 Å². The molecule has 24 heavy (non-hydrogen) atoms. The number of nitrogens with one attached hydrogen (secondary N) is 1. The highest BCUT2D eigenvalue weighted by Crippen LogP contribution is 2.23. The van der Waals surface area contributed by atoms with E-state index >= 15 is 0 Å². The zero-order chi connectivity index (χ0) is 17.9. The third-order valence-electron chi connectivity index (χ3n) is 4.06. The minimum Gasteiger partial charge on any atom is -0.350 e. The SMILES string of the molecule is Cc1cc(C(=O)NOC2CCCCO2)cc(S(=O)(=O)N(C)C)c1C. The van der Waals surface area contributed by atoms with Gasteiger partial charge in [0.25, 0.3) is 5.91 Å². The Kier molecular flexibility index (Phi) is 5.97. The van der Waals surface area contributed by atoms with Crippen molar-refractivity contribution in [1.82, 2.24) is 9.79 Å². The first-order valence-electron chi connectivity index (χ1n) is 7.85. The smallest absolute Gasteiger partial charge is 0.274 e. The van der Waals surface area contributed by atoms with Gasteiger partial charge in [0.15, 0.2) is 6.29 Å². The number of carbonyl (C=O) groups excluding carboxylic acids is 1. The van der Waals surface area contributed by atoms with Crippen LogP contribution in [0.5, 0.6) is 0 Å². The largest absolute Gasteiger partial charge is 0.350 e. The zero-order valence-corrected chi connectivity index (χ0v) is 15.3. The summed E-state index contributed by atoms with van der Waals surface area (Å²) in [6.07, 6.45) is 2.22. The van der Waals surface area contributed by atoms with Crippen molar-refractivity contribution in [3.8, 4) is 0 Å². The van der Waals surface area contributed by atoms with Crippen molar-refractivity contribution in [2.45, 2.75) is 44.3 Å². The topological polar surface area (TPSA) is 84.9 Å². The second-order valence-corrected chi connectivity index (χ2v) is 8.17. The molecule has 2 rings (SSSR count). The molecule has 1 aromatic rings. The highest BCUT2D eigenvalue weighted by molar-refractivity contribution is 7.89. The molecule has 0 bridgehead atoms. The number of amides is 1. The Morgan fingerprint density at radius 3 is 2.58 bits per heavy atom. The molecule has 1 aliphatic heterocycles. The van der Waals surface area contributed by atoms with Crippen LogP contribution in [0.2, 0.25) is 0 Å². The van der Waals surface area contributed by atoms with Crippen molar-refractivity contribution >= 4 is 15.9 Å². The number of sulfonamides is 1. The van der Waals surface area contributed by atoms with E-state index in [1.54, 1.807) is 19.9 Å². The van der Waals surface area contributed by atoms with E-state index in [0.29, 0.717) is 18.6 Å². The van der Waals surface area contributed by atoms with Crippen molar-refractivity contribution in [2.75, 3.05) is 20.7 Å². The van der Waals surface area contributed by atoms with E-state index in [4.69, 9.17) is 9.57 Å². The van der Waals surface area contributed by atoms with Crippen molar-refractivity contribution < 1.29 is 22.8 Å². The molecular weight excluding hydrogens is 332 g/mol. The van der Waals surface area contributed by atoms with E-state index in [0.717, 1.165) is 22.7 Å². The number of hydrogen-bond donors (Lipinski definition) is 1. The summed E-state index contributed by atoms with van der Waals surface area (Å²) in [6.45, 7) is 4.10. The quantitative estimate of drug-likeness (QED) is 0.813. The minimum absolute atomic E-state index is 0.117. The second kappa shape index (κ2) is 7.60. The normalized spacial score (nSPS) is 18.6. The fraction of sp³-hybridized carbons (Fsp3) is 0.562. The molecule has 1 aliphatic rings. The van der Waals surface area contributed by atoms with Crippen LogP contribution in [0.4, 0.5) is 0 Å². The van der Waals surface area contributed by atoms with E-state index in [2.05, 4.69) is 5.48 Å². The van der Waals surface area contributed by atoms with Crippen LogP contribution in [-0.2, 0) is 19.6 Å². The van der Waals surface area contributed by atoms with Crippen LogP contribution in [0, 0.1) is 13.8 Å². The molecule has 1 N–H and O–H groups in total. The molecule has 7 nitrogen and oxygen atoms in total. The minimum atomic E-state index is -3.63. The second-order valence-electron chi connectivity index (χ2n) is 6.05. The number of ether oxygens (including phenoxy) is 1. The number of rotatable bonds is 5. The number of hydroxylamine groups is 1. The molecular formula is C16H24N2O5S. The molecule has 1 aromatic carbocycles. The lowest BCUT2D eigenvalue weighted by atomic mass is 10.1. The molecule has 1 amide bonds. The first-order valence-corrected chi connectivity index (χ1v) is 9.29. The fourth-order valence-corrected chi connectivity index (χ4v) is 3.62. The Labute approximate surface area is 142 Å². The fourth-order valence-electron chi connectivity index (χ4n) is 2.41. The van der Waals surface area contributed by atoms with Gasteiger partial charge in [0, 0.05) is 32.7 Å². The van der Waals surface area contributed by atoms with E-state index in [-0.39, 0.29) is 10.5 Å². The van der Waals surface area contributed by atoms with Crippen LogP contribution in [0.3, 0.4) is 0 Å². The summed E-state index contributed by atoms with van der Waals surface area (Å²) < 4.78 is 31.4. The van der Waals surface area contributed by atoms with Gasteiger partial charge in [0.2, 0.25) is 10.0 Å². The predicted molar refractivity (Wildman–Crippen MR) is 88.9 cm³/mol. The average molecular weight is 356 g/mol. The molecule has 0 spiro atoms. The number of hydrogen-bond acceptors (Lipinski definition) is 5. The van der Waals surface area contributed by atoms with Gasteiger partial charge in [0.05, 0.1) is 4.90 Å². The lowest BCUT2D eigenvalue weighted by Crippen LogP contribution is -2.33. The summed E-state index contributed by atoms with van der Waals surface area (Å²) in [5, 5.41) is 0. The molecule has 0 radical (unpaired) electrons. The molecule has 1 saturated heterocycles. The summed E-state index contributed by atoms with van der Waals surface area (Å²) in [5.74, 6) is -0.498. The number of benzene rings is 1. The molecule has 134 valence electrons. The molecule has 0 saturated carbocycles. The van der Waals surface area contributed by atoms with Gasteiger partial charge in [-0.2, -0.15) is 0 Å². The third-order valence-corrected chi connectivity index (χ3v) is 6.00. The summed E-state index contributed by atoms with van der Waals surface area (Å²) >= 11 is 0. The molecule has 0 aliphatic carbocycles. The van der Waals surface area contributed by atoms with Gasteiger partial charge in [-0.1, -0.05) is 0 Å². The summed E-state index contributed by atoms with van der Waals surface area (Å²) in [6, 6.07) is 3.02. The first-order chi connectivity index (χ1) is 11.2. The van der Waals surface area contributed by atoms with E-state index in [1.165, 1.54) is 20.2 Å². The molecule has 1 fully saturated rings. The first kappa shape index (κ1) is 18.9. The third kappa shape index (κ3) is 4.13. The Balaban J connectivity index is 2.21. The lowest BCUT2D eigenvalue weighted by molar-refractivity contribution is -0.186. The summed E-state index contributed by atoms with van der Waals surface area (Å²) in [4.78, 5) is 17.7. The van der Waals surface area contributed by atoms with Crippen molar-refractivity contribution in [1.29, 1.82) is 0 Å². The van der Waals surface area contributed by atoms with Crippen molar-refractivity contribution in [2.24, 2.45) is 0 Å². The highest BCUT2D eigenvalue weighted by Gasteiger charge is 2.23. The van der Waals surface area contributed by atoms with Crippen LogP contribution in [0.25, 0.3) is 0 Å². The van der Waals surface area contributed by atoms with Gasteiger partial charge >= 0.3 is 0 Å². The van der Waals surface area contributed by atoms with Gasteiger partial charge in [-0.3, -0.25) is 4.79 Å². The predicted octanol–water partition coefficient (Wildman–Crippen LogP) is 1.74. The lowest BCUT2D eigenvalue weighted by Gasteiger charge is -2.22. The van der Waals surface area contributed by atoms with E-state index < -0.39 is 22.2 Å². The van der Waals surface area contributed by atoms with Crippen LogP contribution in [0.1, 0.15) is 40.7 Å². The van der Waals surface area contributed by atoms with Gasteiger partial charge in [-0.05, 0) is 49.9 Å². The van der Waals surface area contributed by atoms with Gasteiger partial charge < -0.3 is 4.74 Å². The summed E-state index contributed by atoms with van der Waals surface area (Å²) in [7, 11) is -0.716. The van der Waals surface area contributed by atoms with E-state index in [9.17, 15) is 13.2 Å². The summed E-state index contributed by atoms with van der Waals surface area (Å²) in [5.41, 5.74) is 3.92. The number of aryl methyl sites for hydroxylation is 1. The van der Waals surface area contributed by atoms with Crippen LogP contribution >= 0.6 is 0 Å². The maximum atomic E-state index is 12.4. The Hall–Kier alpha value is -1.48. The maximum Gasteiger partial charge on any atom is 0.274 e. The van der Waals surface area contributed by atoms with Gasteiger partial charge in [-0.25, -0.2) is 23.0 Å². The Morgan fingerprint density at radius 2 is 2.00 bits per heavy atom. The van der Waals surface area contributed by atoms with Crippen LogP contribution in [-0.4, -0.2) is 45.6 Å². The highest BCUT2D eigenvalue weighted by atomic mass is 32.2. The average Bonchev–Trinajstić information content (AvgIpc) is 2.55. The Morgan fingerprint density at radius 1 is 1.29 bits per heavy atom. The molecule has 0 aromatic heterocycles. The molecule has 1 unspecified atom stereocenters. The van der Waals surface area contributed by atoms with Gasteiger partial charge in [-0.15, -0.1) is 0 Å². The molecule has 1 heterocycles. The van der Waals surface area contributed by atoms with Crippen LogP contribution in [0.15, 0.2) is 17.0 Å². The van der Waals surface area contributed by atoms with E-state index in [1.807, 2.05) is 0 Å². The number of carbonyl (C=O) groups is 1. The molecule has 1 atom stereocenters. The van der Waals surface area contributed by atoms with Crippen molar-refractivity contribution in [3.63, 3.8) is 0 Å².